The van der Waals surface area contributed by atoms with E-state index in [1.807, 2.05) is 36.1 Å². The Morgan fingerprint density at radius 2 is 1.69 bits per heavy atom. The smallest absolute Gasteiger partial charge is 0.321 e. The van der Waals surface area contributed by atoms with Gasteiger partial charge in [0.1, 0.15) is 11.9 Å². The van der Waals surface area contributed by atoms with Crippen LogP contribution in [-0.2, 0) is 14.3 Å². The molecule has 2 aromatic carbocycles. The van der Waals surface area contributed by atoms with E-state index >= 15 is 0 Å². The van der Waals surface area contributed by atoms with E-state index in [1.54, 1.807) is 19.1 Å². The molecule has 7 nitrogen and oxygen atoms in total. The molecule has 1 amide bonds. The fraction of sp³-hybridized carbons (Fsp3) is 0.375. The number of aliphatic imine (C=N–C) groups is 1. The summed E-state index contributed by atoms with van der Waals surface area (Å²) in [5.74, 6) is -1.79. The van der Waals surface area contributed by atoms with Crippen molar-refractivity contribution in [2.45, 2.75) is 19.9 Å². The van der Waals surface area contributed by atoms with E-state index in [-0.39, 0.29) is 12.4 Å². The summed E-state index contributed by atoms with van der Waals surface area (Å²) in [4.78, 5) is 34.5. The van der Waals surface area contributed by atoms with Crippen LogP contribution in [0.2, 0.25) is 0 Å². The van der Waals surface area contributed by atoms with Crippen LogP contribution in [-0.4, -0.2) is 55.5 Å². The SMILES string of the molecule is CCOC(=O)[C@H]1C(=O)NC(N2CCN(c3ccc(F)cc3)CC2)=N[C@H]1c1ccc(C)cc1. The first-order valence-corrected chi connectivity index (χ1v) is 10.8. The Labute approximate surface area is 186 Å². The van der Waals surface area contributed by atoms with Gasteiger partial charge < -0.3 is 14.5 Å². The van der Waals surface area contributed by atoms with Gasteiger partial charge in [-0.2, -0.15) is 0 Å². The molecule has 0 aromatic heterocycles. The van der Waals surface area contributed by atoms with Crippen molar-refractivity contribution in [1.82, 2.24) is 10.2 Å². The van der Waals surface area contributed by atoms with Gasteiger partial charge in [-0.15, -0.1) is 0 Å². The molecule has 2 aliphatic rings. The van der Waals surface area contributed by atoms with Gasteiger partial charge in [0.15, 0.2) is 5.92 Å². The van der Waals surface area contributed by atoms with Crippen LogP contribution in [0.15, 0.2) is 53.5 Å². The molecule has 168 valence electrons. The molecule has 4 rings (SSSR count). The normalized spacial score (nSPS) is 21.1. The molecule has 0 spiro atoms. The second-order valence-corrected chi connectivity index (χ2v) is 7.98. The van der Waals surface area contributed by atoms with Gasteiger partial charge in [0, 0.05) is 31.9 Å². The maximum atomic E-state index is 13.2. The summed E-state index contributed by atoms with van der Waals surface area (Å²) in [6.45, 7) is 6.59. The second kappa shape index (κ2) is 9.38. The van der Waals surface area contributed by atoms with Crippen molar-refractivity contribution < 1.29 is 18.7 Å². The Bertz CT molecular complexity index is 999. The highest BCUT2D eigenvalue weighted by Crippen LogP contribution is 2.31. The summed E-state index contributed by atoms with van der Waals surface area (Å²) >= 11 is 0. The lowest BCUT2D eigenvalue weighted by molar-refractivity contribution is -0.153. The number of halogens is 1. The monoisotopic (exact) mass is 438 g/mol. The van der Waals surface area contributed by atoms with Crippen LogP contribution in [0.5, 0.6) is 0 Å². The number of benzene rings is 2. The highest BCUT2D eigenvalue weighted by molar-refractivity contribution is 6.08. The molecule has 1 fully saturated rings. The first kappa shape index (κ1) is 21.8. The fourth-order valence-corrected chi connectivity index (χ4v) is 4.06. The number of amides is 1. The van der Waals surface area contributed by atoms with E-state index in [2.05, 4.69) is 10.2 Å². The zero-order chi connectivity index (χ0) is 22.7. The zero-order valence-corrected chi connectivity index (χ0v) is 18.3. The lowest BCUT2D eigenvalue weighted by Crippen LogP contribution is -2.57. The van der Waals surface area contributed by atoms with Crippen LogP contribution in [0.1, 0.15) is 24.1 Å². The number of nitrogens with zero attached hydrogens (tertiary/aromatic N) is 3. The maximum Gasteiger partial charge on any atom is 0.321 e. The lowest BCUT2D eigenvalue weighted by Gasteiger charge is -2.39. The van der Waals surface area contributed by atoms with Gasteiger partial charge in [0.25, 0.3) is 0 Å². The van der Waals surface area contributed by atoms with Crippen LogP contribution in [0.4, 0.5) is 10.1 Å². The number of nitrogens with one attached hydrogen (secondary N) is 1. The third-order valence-electron chi connectivity index (χ3n) is 5.82. The van der Waals surface area contributed by atoms with Gasteiger partial charge in [-0.05, 0) is 43.7 Å². The highest BCUT2D eigenvalue weighted by Gasteiger charge is 2.42. The average molecular weight is 439 g/mol. The molecule has 0 radical (unpaired) electrons. The van der Waals surface area contributed by atoms with Crippen molar-refractivity contribution in [3.05, 3.63) is 65.5 Å². The summed E-state index contributed by atoms with van der Waals surface area (Å²) in [5, 5.41) is 2.82. The summed E-state index contributed by atoms with van der Waals surface area (Å²) in [5.41, 5.74) is 2.84. The average Bonchev–Trinajstić information content (AvgIpc) is 2.80. The minimum atomic E-state index is -1.03. The van der Waals surface area contributed by atoms with E-state index < -0.39 is 23.8 Å². The van der Waals surface area contributed by atoms with Crippen molar-refractivity contribution in [3.8, 4) is 0 Å². The first-order chi connectivity index (χ1) is 15.5. The summed E-state index contributed by atoms with van der Waals surface area (Å²) in [6, 6.07) is 13.5. The number of piperazine rings is 1. The van der Waals surface area contributed by atoms with E-state index in [9.17, 15) is 14.0 Å². The van der Waals surface area contributed by atoms with E-state index in [0.717, 1.165) is 16.8 Å². The molecular weight excluding hydrogens is 411 g/mol. The van der Waals surface area contributed by atoms with Crippen molar-refractivity contribution >= 4 is 23.5 Å². The van der Waals surface area contributed by atoms with Gasteiger partial charge in [0.2, 0.25) is 11.9 Å². The largest absolute Gasteiger partial charge is 0.465 e. The minimum absolute atomic E-state index is 0.200. The predicted molar refractivity (Wildman–Crippen MR) is 120 cm³/mol. The van der Waals surface area contributed by atoms with Crippen molar-refractivity contribution in [1.29, 1.82) is 0 Å². The number of rotatable bonds is 4. The molecule has 2 atom stereocenters. The molecule has 1 saturated heterocycles. The molecule has 1 N–H and O–H groups in total. The number of aryl methyl sites for hydroxylation is 1. The topological polar surface area (TPSA) is 74.2 Å². The third-order valence-corrected chi connectivity index (χ3v) is 5.82. The van der Waals surface area contributed by atoms with Gasteiger partial charge in [-0.1, -0.05) is 29.8 Å². The molecule has 2 aliphatic heterocycles. The Morgan fingerprint density at radius 3 is 2.31 bits per heavy atom. The Morgan fingerprint density at radius 1 is 1.06 bits per heavy atom. The molecule has 0 unspecified atom stereocenters. The quantitative estimate of drug-likeness (QED) is 0.587. The predicted octanol–water partition coefficient (Wildman–Crippen LogP) is 2.66. The molecule has 2 heterocycles. The summed E-state index contributed by atoms with van der Waals surface area (Å²) in [7, 11) is 0. The van der Waals surface area contributed by atoms with Crippen LogP contribution in [0, 0.1) is 18.7 Å². The second-order valence-electron chi connectivity index (χ2n) is 7.98. The van der Waals surface area contributed by atoms with Crippen LogP contribution < -0.4 is 10.2 Å². The van der Waals surface area contributed by atoms with Gasteiger partial charge in [-0.3, -0.25) is 14.9 Å². The Balaban J connectivity index is 1.55. The highest BCUT2D eigenvalue weighted by atomic mass is 19.1. The van der Waals surface area contributed by atoms with E-state index in [0.29, 0.717) is 32.1 Å². The zero-order valence-electron chi connectivity index (χ0n) is 18.3. The first-order valence-electron chi connectivity index (χ1n) is 10.8. The van der Waals surface area contributed by atoms with Crippen LogP contribution in [0.3, 0.4) is 0 Å². The maximum absolute atomic E-state index is 13.2. The molecule has 0 saturated carbocycles. The van der Waals surface area contributed by atoms with Crippen molar-refractivity contribution in [2.24, 2.45) is 10.9 Å². The van der Waals surface area contributed by atoms with Crippen molar-refractivity contribution in [3.63, 3.8) is 0 Å². The number of esters is 1. The van der Waals surface area contributed by atoms with Crippen LogP contribution >= 0.6 is 0 Å². The van der Waals surface area contributed by atoms with E-state index in [1.165, 1.54) is 12.1 Å². The molecule has 2 aromatic rings. The molecule has 0 aliphatic carbocycles. The Kier molecular flexibility index (Phi) is 6.39. The van der Waals surface area contributed by atoms with Gasteiger partial charge in [0.05, 0.1) is 6.61 Å². The fourth-order valence-electron chi connectivity index (χ4n) is 4.06. The number of anilines is 1. The van der Waals surface area contributed by atoms with Gasteiger partial charge in [-0.25, -0.2) is 9.38 Å². The van der Waals surface area contributed by atoms with Crippen molar-refractivity contribution in [2.75, 3.05) is 37.7 Å². The molecular formula is C24H27FN4O3. The lowest BCUT2D eigenvalue weighted by atomic mass is 9.91. The minimum Gasteiger partial charge on any atom is -0.465 e. The van der Waals surface area contributed by atoms with Crippen LogP contribution in [0.25, 0.3) is 0 Å². The number of carbonyl (C=O) groups excluding carboxylic acids is 2. The third kappa shape index (κ3) is 4.59. The number of carbonyl (C=O) groups is 2. The number of hydrogen-bond donors (Lipinski definition) is 1. The number of ether oxygens (including phenoxy) is 1. The summed E-state index contributed by atoms with van der Waals surface area (Å²) in [6.07, 6.45) is 0. The molecule has 8 heteroatoms. The number of hydrogen-bond acceptors (Lipinski definition) is 6. The van der Waals surface area contributed by atoms with E-state index in [4.69, 9.17) is 9.73 Å². The standard InChI is InChI=1S/C24H27FN4O3/c1-3-32-23(31)20-21(17-6-4-16(2)5-7-17)26-24(27-22(20)30)29-14-12-28(13-15-29)19-10-8-18(25)9-11-19/h4-11,20-21H,3,12-15H2,1-2H3,(H,26,27,30)/t20-,21+/m1/s1. The van der Waals surface area contributed by atoms with Gasteiger partial charge >= 0.3 is 5.97 Å². The Hall–Kier alpha value is -3.42. The summed E-state index contributed by atoms with van der Waals surface area (Å²) < 4.78 is 18.4. The molecule has 0 bridgehead atoms. The number of guanidine groups is 1. The molecule has 32 heavy (non-hydrogen) atoms.